The van der Waals surface area contributed by atoms with Gasteiger partial charge in [0.05, 0.1) is 22.1 Å². The van der Waals surface area contributed by atoms with Gasteiger partial charge in [-0.25, -0.2) is 21.6 Å². The summed E-state index contributed by atoms with van der Waals surface area (Å²) in [5.74, 6) is 0.761. The molecule has 0 amide bonds. The molecule has 0 spiro atoms. The van der Waals surface area contributed by atoms with Crippen molar-refractivity contribution in [3.63, 3.8) is 0 Å². The van der Waals surface area contributed by atoms with Crippen molar-refractivity contribution in [3.8, 4) is 5.75 Å². The lowest BCUT2D eigenvalue weighted by atomic mass is 10.0. The number of rotatable bonds is 12. The van der Waals surface area contributed by atoms with Crippen molar-refractivity contribution in [1.29, 1.82) is 0 Å². The van der Waals surface area contributed by atoms with Crippen molar-refractivity contribution in [2.24, 2.45) is 0 Å². The predicted molar refractivity (Wildman–Crippen MR) is 176 cm³/mol. The quantitative estimate of drug-likeness (QED) is 0.107. The third-order valence-electron chi connectivity index (χ3n) is 7.46. The molecular formula is C35H35NO7S2. The van der Waals surface area contributed by atoms with Crippen LogP contribution >= 0.6 is 0 Å². The van der Waals surface area contributed by atoms with Crippen LogP contribution in [0, 0.1) is 13.8 Å². The van der Waals surface area contributed by atoms with Crippen molar-refractivity contribution in [1.82, 2.24) is 0 Å². The van der Waals surface area contributed by atoms with Gasteiger partial charge in [0, 0.05) is 10.9 Å². The molecule has 4 aromatic carbocycles. The molecule has 0 radical (unpaired) electrons. The lowest BCUT2D eigenvalue weighted by molar-refractivity contribution is 0.306. The van der Waals surface area contributed by atoms with Gasteiger partial charge >= 0.3 is 5.63 Å². The predicted octanol–water partition coefficient (Wildman–Crippen LogP) is 6.96. The summed E-state index contributed by atoms with van der Waals surface area (Å²) in [4.78, 5) is 12.6. The summed E-state index contributed by atoms with van der Waals surface area (Å²) < 4.78 is 68.1. The zero-order chi connectivity index (χ0) is 32.2. The van der Waals surface area contributed by atoms with E-state index in [1.165, 1.54) is 42.5 Å². The van der Waals surface area contributed by atoms with E-state index in [9.17, 15) is 21.6 Å². The zero-order valence-electron chi connectivity index (χ0n) is 25.4. The van der Waals surface area contributed by atoms with Crippen LogP contribution in [0.4, 0.5) is 5.69 Å². The highest BCUT2D eigenvalue weighted by molar-refractivity contribution is 8.10. The molecule has 0 atom stereocenters. The second kappa shape index (κ2) is 13.3. The lowest BCUT2D eigenvalue weighted by Gasteiger charge is -2.24. The third kappa shape index (κ3) is 6.97. The van der Waals surface area contributed by atoms with Crippen molar-refractivity contribution < 1.29 is 26.0 Å². The van der Waals surface area contributed by atoms with E-state index >= 15 is 0 Å². The molecule has 0 saturated carbocycles. The van der Waals surface area contributed by atoms with Crippen molar-refractivity contribution >= 4 is 36.7 Å². The number of unbranched alkanes of at least 4 members (excludes halogenated alkanes) is 1. The SMILES string of the molecule is CCCCOc1ccccc1CCc1cc2cc(N(S(=O)(=O)c3ccc(C)cc3)S(=O)(=O)c3ccc(C)cc3)ccc2oc1=O. The van der Waals surface area contributed by atoms with E-state index in [1.807, 2.05) is 38.1 Å². The minimum absolute atomic E-state index is 0.113. The average molecular weight is 646 g/mol. The van der Waals surface area contributed by atoms with E-state index in [-0.39, 0.29) is 21.1 Å². The maximum absolute atomic E-state index is 14.0. The number of hydrogen-bond acceptors (Lipinski definition) is 7. The molecule has 0 unspecified atom stereocenters. The minimum Gasteiger partial charge on any atom is -0.493 e. The number of hydrogen-bond donors (Lipinski definition) is 0. The molecule has 0 saturated heterocycles. The number of ether oxygens (including phenoxy) is 1. The summed E-state index contributed by atoms with van der Waals surface area (Å²) in [7, 11) is -9.19. The van der Waals surface area contributed by atoms with Crippen LogP contribution in [0.3, 0.4) is 0 Å². The first-order chi connectivity index (χ1) is 21.5. The fourth-order valence-corrected chi connectivity index (χ4v) is 8.58. The number of fused-ring (bicyclic) bond motifs is 1. The number of anilines is 1. The minimum atomic E-state index is -4.60. The maximum atomic E-state index is 14.0. The number of nitrogens with zero attached hydrogens (tertiary/aromatic N) is 1. The number of sulfonamides is 2. The van der Waals surface area contributed by atoms with Crippen LogP contribution in [-0.4, -0.2) is 23.4 Å². The van der Waals surface area contributed by atoms with Gasteiger partial charge in [-0.1, -0.05) is 66.9 Å². The van der Waals surface area contributed by atoms with E-state index in [1.54, 1.807) is 30.3 Å². The normalized spacial score (nSPS) is 11.9. The van der Waals surface area contributed by atoms with Crippen LogP contribution in [0.5, 0.6) is 5.75 Å². The molecule has 0 bridgehead atoms. The van der Waals surface area contributed by atoms with Crippen molar-refractivity contribution in [2.75, 3.05) is 10.3 Å². The Kier molecular flexibility index (Phi) is 9.45. The Morgan fingerprint density at radius 1 is 0.711 bits per heavy atom. The molecule has 1 heterocycles. The van der Waals surface area contributed by atoms with Crippen LogP contribution < -0.4 is 14.1 Å². The topological polar surface area (TPSA) is 111 Å². The molecule has 0 aliphatic carbocycles. The number of para-hydroxylation sites is 1. The molecule has 0 aliphatic heterocycles. The molecule has 1 aromatic heterocycles. The molecular weight excluding hydrogens is 611 g/mol. The van der Waals surface area contributed by atoms with E-state index in [2.05, 4.69) is 6.92 Å². The molecule has 5 rings (SSSR count). The lowest BCUT2D eigenvalue weighted by Crippen LogP contribution is -2.37. The first-order valence-electron chi connectivity index (χ1n) is 14.7. The highest BCUT2D eigenvalue weighted by Crippen LogP contribution is 2.33. The van der Waals surface area contributed by atoms with Gasteiger partial charge in [0.1, 0.15) is 11.3 Å². The van der Waals surface area contributed by atoms with Crippen LogP contribution in [0.15, 0.2) is 116 Å². The van der Waals surface area contributed by atoms with E-state index in [4.69, 9.17) is 9.15 Å². The third-order valence-corrected chi connectivity index (χ3v) is 11.7. The largest absolute Gasteiger partial charge is 0.493 e. The van der Waals surface area contributed by atoms with Gasteiger partial charge in [0.25, 0.3) is 20.0 Å². The first kappa shape index (κ1) is 32.0. The zero-order valence-corrected chi connectivity index (χ0v) is 27.0. The van der Waals surface area contributed by atoms with Crippen LogP contribution in [0.25, 0.3) is 11.0 Å². The van der Waals surface area contributed by atoms with Gasteiger partial charge in [-0.05, 0) is 93.3 Å². The fourth-order valence-electron chi connectivity index (χ4n) is 4.91. The molecule has 8 nitrogen and oxygen atoms in total. The Bertz CT molecular complexity index is 2010. The maximum Gasteiger partial charge on any atom is 0.339 e. The van der Waals surface area contributed by atoms with Gasteiger partial charge in [-0.2, -0.15) is 3.71 Å². The monoisotopic (exact) mass is 645 g/mol. The van der Waals surface area contributed by atoms with Crippen LogP contribution in [0.2, 0.25) is 0 Å². The standard InChI is InChI=1S/C35H35NO7S2/c1-4-5-22-42-33-9-7-6-8-27(33)14-15-28-23-29-24-30(16-21-34(29)43-35(28)37)36(44(38,39)31-17-10-25(2)11-18-31)45(40,41)32-19-12-26(3)13-20-32/h6-13,16-21,23-24H,4-5,14-15,22H2,1-3H3. The first-order valence-corrected chi connectivity index (χ1v) is 17.6. The van der Waals surface area contributed by atoms with Crippen LogP contribution in [0.1, 0.15) is 42.0 Å². The van der Waals surface area contributed by atoms with E-state index in [0.717, 1.165) is 35.3 Å². The Morgan fingerprint density at radius 2 is 1.29 bits per heavy atom. The summed E-state index contributed by atoms with van der Waals surface area (Å²) >= 11 is 0. The molecule has 45 heavy (non-hydrogen) atoms. The van der Waals surface area contributed by atoms with Gasteiger partial charge in [0.15, 0.2) is 0 Å². The summed E-state index contributed by atoms with van der Waals surface area (Å²) in [6.07, 6.45) is 2.79. The second-order valence-electron chi connectivity index (χ2n) is 10.9. The summed E-state index contributed by atoms with van der Waals surface area (Å²) in [5, 5.41) is 0.387. The molecule has 0 fully saturated rings. The Hall–Kier alpha value is -4.41. The van der Waals surface area contributed by atoms with Gasteiger partial charge < -0.3 is 9.15 Å². The van der Waals surface area contributed by atoms with E-state index < -0.39 is 25.7 Å². The van der Waals surface area contributed by atoms with Gasteiger partial charge in [-0.3, -0.25) is 0 Å². The number of aryl methyl sites for hydroxylation is 4. The summed E-state index contributed by atoms with van der Waals surface area (Å²) in [5.41, 5.74) is 2.54. The van der Waals surface area contributed by atoms with Crippen LogP contribution in [-0.2, 0) is 32.9 Å². The van der Waals surface area contributed by atoms with E-state index in [0.29, 0.717) is 34.1 Å². The summed E-state index contributed by atoms with van der Waals surface area (Å²) in [6, 6.07) is 25.4. The average Bonchev–Trinajstić information content (AvgIpc) is 3.01. The molecule has 5 aromatic rings. The Morgan fingerprint density at radius 3 is 1.89 bits per heavy atom. The Balaban J connectivity index is 1.56. The molecule has 10 heteroatoms. The fraction of sp³-hybridized carbons (Fsp3) is 0.229. The smallest absolute Gasteiger partial charge is 0.339 e. The summed E-state index contributed by atoms with van der Waals surface area (Å²) in [6.45, 7) is 6.31. The highest BCUT2D eigenvalue weighted by atomic mass is 32.3. The molecule has 0 N–H and O–H groups in total. The highest BCUT2D eigenvalue weighted by Gasteiger charge is 2.37. The van der Waals surface area contributed by atoms with Gasteiger partial charge in [0.2, 0.25) is 0 Å². The molecule has 0 aliphatic rings. The van der Waals surface area contributed by atoms with Gasteiger partial charge in [-0.15, -0.1) is 0 Å². The van der Waals surface area contributed by atoms with Crippen molar-refractivity contribution in [3.05, 3.63) is 130 Å². The second-order valence-corrected chi connectivity index (χ2v) is 14.7. The number of benzene rings is 4. The van der Waals surface area contributed by atoms with Crippen molar-refractivity contribution in [2.45, 2.75) is 56.2 Å². The molecule has 234 valence electrons. The Labute approximate surface area is 264 Å².